The van der Waals surface area contributed by atoms with E-state index in [1.54, 1.807) is 17.0 Å². The molecule has 1 amide bonds. The summed E-state index contributed by atoms with van der Waals surface area (Å²) in [6.07, 6.45) is 2.65. The summed E-state index contributed by atoms with van der Waals surface area (Å²) in [5, 5.41) is 11.5. The van der Waals surface area contributed by atoms with Gasteiger partial charge in [-0.25, -0.2) is 4.99 Å². The fraction of sp³-hybridized carbons (Fsp3) is 0.214. The van der Waals surface area contributed by atoms with Crippen LogP contribution in [0.25, 0.3) is 6.08 Å². The molecule has 1 aliphatic heterocycles. The van der Waals surface area contributed by atoms with Crippen molar-refractivity contribution in [3.8, 4) is 5.75 Å². The number of aliphatic imine (C=N–C) groups is 1. The molecule has 1 fully saturated rings. The minimum absolute atomic E-state index is 0.00808. The third kappa shape index (κ3) is 5.83. The number of hydrogen-bond donors (Lipinski definition) is 0. The second-order valence-corrected chi connectivity index (χ2v) is 9.53. The van der Waals surface area contributed by atoms with Crippen LogP contribution in [0.3, 0.4) is 0 Å². The number of nitro groups is 1. The van der Waals surface area contributed by atoms with Crippen LogP contribution in [0, 0.1) is 17.0 Å². The van der Waals surface area contributed by atoms with Crippen molar-refractivity contribution in [2.75, 3.05) is 0 Å². The molecule has 0 bridgehead atoms. The van der Waals surface area contributed by atoms with Gasteiger partial charge in [0.2, 0.25) is 0 Å². The van der Waals surface area contributed by atoms with Crippen molar-refractivity contribution in [1.82, 2.24) is 4.90 Å². The van der Waals surface area contributed by atoms with E-state index in [1.807, 2.05) is 68.5 Å². The van der Waals surface area contributed by atoms with Crippen LogP contribution in [0.1, 0.15) is 37.0 Å². The van der Waals surface area contributed by atoms with Gasteiger partial charge < -0.3 is 4.74 Å². The minimum Gasteiger partial charge on any atom is -0.488 e. The van der Waals surface area contributed by atoms with Crippen molar-refractivity contribution in [1.29, 1.82) is 0 Å². The zero-order valence-corrected chi connectivity index (χ0v) is 21.2. The van der Waals surface area contributed by atoms with Gasteiger partial charge in [-0.2, -0.15) is 0 Å². The van der Waals surface area contributed by atoms with Gasteiger partial charge in [-0.15, -0.1) is 0 Å². The van der Waals surface area contributed by atoms with Crippen LogP contribution >= 0.6 is 11.8 Å². The maximum Gasteiger partial charge on any atom is 0.269 e. The highest BCUT2D eigenvalue weighted by atomic mass is 32.2. The molecule has 1 atom stereocenters. The third-order valence-corrected chi connectivity index (χ3v) is 6.86. The zero-order valence-electron chi connectivity index (χ0n) is 20.4. The number of thioether (sulfide) groups is 1. The lowest BCUT2D eigenvalue weighted by molar-refractivity contribution is -0.384. The number of carbonyl (C=O) groups is 1. The second-order valence-electron chi connectivity index (χ2n) is 8.52. The van der Waals surface area contributed by atoms with Gasteiger partial charge in [0, 0.05) is 23.7 Å². The van der Waals surface area contributed by atoms with Crippen LogP contribution in [0.2, 0.25) is 0 Å². The van der Waals surface area contributed by atoms with Crippen LogP contribution in [0.5, 0.6) is 5.75 Å². The maximum absolute atomic E-state index is 13.4. The van der Waals surface area contributed by atoms with E-state index in [9.17, 15) is 14.9 Å². The Morgan fingerprint density at radius 1 is 1.08 bits per heavy atom. The molecule has 184 valence electrons. The van der Waals surface area contributed by atoms with E-state index in [0.717, 1.165) is 28.8 Å². The van der Waals surface area contributed by atoms with Gasteiger partial charge in [-0.05, 0) is 74.0 Å². The number of aryl methyl sites for hydroxylation is 1. The van der Waals surface area contributed by atoms with E-state index in [1.165, 1.54) is 23.9 Å². The average Bonchev–Trinajstić information content (AvgIpc) is 3.18. The third-order valence-electron chi connectivity index (χ3n) is 5.87. The SMILES string of the molecule is CC[C@@H](C)N1C(=O)/C(=C\c2ccccc2OCc2ccc([N+](=O)[O-])cc2)SC1=Nc1ccc(C)cc1. The minimum atomic E-state index is -0.429. The molecular weight excluding hydrogens is 474 g/mol. The Bertz CT molecular complexity index is 1320. The van der Waals surface area contributed by atoms with Gasteiger partial charge in [-0.1, -0.05) is 42.8 Å². The smallest absolute Gasteiger partial charge is 0.269 e. The lowest BCUT2D eigenvalue weighted by atomic mass is 10.1. The Balaban J connectivity index is 1.59. The van der Waals surface area contributed by atoms with E-state index in [2.05, 4.69) is 6.92 Å². The number of amides is 1. The lowest BCUT2D eigenvalue weighted by Crippen LogP contribution is -2.36. The first-order chi connectivity index (χ1) is 17.4. The highest BCUT2D eigenvalue weighted by Gasteiger charge is 2.36. The summed E-state index contributed by atoms with van der Waals surface area (Å²) >= 11 is 1.36. The van der Waals surface area contributed by atoms with Crippen LogP contribution in [0.4, 0.5) is 11.4 Å². The first kappa shape index (κ1) is 25.2. The van der Waals surface area contributed by atoms with E-state index in [4.69, 9.17) is 9.73 Å². The normalized spacial score (nSPS) is 16.5. The van der Waals surface area contributed by atoms with Crippen molar-refractivity contribution >= 4 is 40.3 Å². The zero-order chi connectivity index (χ0) is 25.7. The predicted octanol–water partition coefficient (Wildman–Crippen LogP) is 6.88. The number of rotatable bonds is 8. The molecule has 0 spiro atoms. The average molecular weight is 502 g/mol. The van der Waals surface area contributed by atoms with Crippen molar-refractivity contribution in [2.45, 2.75) is 39.8 Å². The van der Waals surface area contributed by atoms with Gasteiger partial charge >= 0.3 is 0 Å². The molecule has 0 unspecified atom stereocenters. The first-order valence-corrected chi connectivity index (χ1v) is 12.5. The number of hydrogen-bond acceptors (Lipinski definition) is 6. The van der Waals surface area contributed by atoms with Gasteiger partial charge in [-0.3, -0.25) is 19.8 Å². The molecule has 0 N–H and O–H groups in total. The standard InChI is InChI=1S/C28H27N3O4S/c1-4-20(3)30-27(32)26(36-28(30)29-23-13-9-19(2)10-14-23)17-22-7-5-6-8-25(22)35-18-21-11-15-24(16-12-21)31(33)34/h5-17,20H,4,18H2,1-3H3/b26-17+,29-28?/t20-/m1/s1. The van der Waals surface area contributed by atoms with E-state index >= 15 is 0 Å². The molecule has 36 heavy (non-hydrogen) atoms. The van der Waals surface area contributed by atoms with Gasteiger partial charge in [0.1, 0.15) is 12.4 Å². The number of ether oxygens (including phenoxy) is 1. The summed E-state index contributed by atoms with van der Waals surface area (Å²) in [4.78, 5) is 31.0. The van der Waals surface area contributed by atoms with Crippen LogP contribution < -0.4 is 4.74 Å². The van der Waals surface area contributed by atoms with Crippen molar-refractivity contribution in [3.05, 3.63) is 105 Å². The first-order valence-electron chi connectivity index (χ1n) is 11.7. The Kier molecular flexibility index (Phi) is 7.85. The molecular formula is C28H27N3O4S. The van der Waals surface area contributed by atoms with E-state index in [-0.39, 0.29) is 24.2 Å². The summed E-state index contributed by atoms with van der Waals surface area (Å²) in [5.41, 5.74) is 3.58. The molecule has 0 saturated carbocycles. The monoisotopic (exact) mass is 501 g/mol. The number of carbonyl (C=O) groups excluding carboxylic acids is 1. The molecule has 0 aromatic heterocycles. The summed E-state index contributed by atoms with van der Waals surface area (Å²) < 4.78 is 6.02. The molecule has 3 aromatic carbocycles. The summed E-state index contributed by atoms with van der Waals surface area (Å²) in [6, 6.07) is 21.7. The highest BCUT2D eigenvalue weighted by molar-refractivity contribution is 8.18. The molecule has 3 aromatic rings. The molecule has 1 saturated heterocycles. The Morgan fingerprint density at radius 2 is 1.78 bits per heavy atom. The van der Waals surface area contributed by atoms with Gasteiger partial charge in [0.15, 0.2) is 5.17 Å². The Labute approximate surface area is 214 Å². The summed E-state index contributed by atoms with van der Waals surface area (Å²) in [6.45, 7) is 6.35. The van der Waals surface area contributed by atoms with Crippen molar-refractivity contribution in [2.24, 2.45) is 4.99 Å². The van der Waals surface area contributed by atoms with Crippen LogP contribution in [0.15, 0.2) is 82.7 Å². The number of para-hydroxylation sites is 1. The van der Waals surface area contributed by atoms with Crippen LogP contribution in [-0.4, -0.2) is 26.9 Å². The highest BCUT2D eigenvalue weighted by Crippen LogP contribution is 2.37. The quantitative estimate of drug-likeness (QED) is 0.191. The predicted molar refractivity (Wildman–Crippen MR) is 144 cm³/mol. The molecule has 8 heteroatoms. The summed E-state index contributed by atoms with van der Waals surface area (Å²) in [5.74, 6) is 0.543. The van der Waals surface area contributed by atoms with Crippen molar-refractivity contribution in [3.63, 3.8) is 0 Å². The largest absolute Gasteiger partial charge is 0.488 e. The number of nitrogens with zero attached hydrogens (tertiary/aromatic N) is 3. The molecule has 0 radical (unpaired) electrons. The van der Waals surface area contributed by atoms with Crippen LogP contribution in [-0.2, 0) is 11.4 Å². The Morgan fingerprint density at radius 3 is 2.44 bits per heavy atom. The second kappa shape index (κ2) is 11.2. The lowest BCUT2D eigenvalue weighted by Gasteiger charge is -2.22. The molecule has 1 heterocycles. The maximum atomic E-state index is 13.4. The van der Waals surface area contributed by atoms with Gasteiger partial charge in [0.25, 0.3) is 11.6 Å². The fourth-order valence-electron chi connectivity index (χ4n) is 3.61. The van der Waals surface area contributed by atoms with E-state index in [0.29, 0.717) is 15.8 Å². The molecule has 0 aliphatic carbocycles. The van der Waals surface area contributed by atoms with E-state index < -0.39 is 4.92 Å². The molecule has 7 nitrogen and oxygen atoms in total. The number of benzene rings is 3. The number of amidine groups is 1. The molecule has 4 rings (SSSR count). The molecule has 1 aliphatic rings. The Hall–Kier alpha value is -3.91. The number of non-ortho nitro benzene ring substituents is 1. The summed E-state index contributed by atoms with van der Waals surface area (Å²) in [7, 11) is 0. The number of nitro benzene ring substituents is 1. The fourth-order valence-corrected chi connectivity index (χ4v) is 4.69. The van der Waals surface area contributed by atoms with Crippen molar-refractivity contribution < 1.29 is 14.5 Å². The topological polar surface area (TPSA) is 85.0 Å². The van der Waals surface area contributed by atoms with Gasteiger partial charge in [0.05, 0.1) is 15.5 Å².